The van der Waals surface area contributed by atoms with Crippen molar-refractivity contribution in [2.24, 2.45) is 0 Å². The van der Waals surface area contributed by atoms with Gasteiger partial charge in [-0.15, -0.1) is 0 Å². The van der Waals surface area contributed by atoms with Gasteiger partial charge in [0.2, 0.25) is 11.8 Å². The van der Waals surface area contributed by atoms with Gasteiger partial charge in [-0.3, -0.25) is 14.9 Å². The van der Waals surface area contributed by atoms with Gasteiger partial charge in [0, 0.05) is 6.04 Å². The zero-order valence-corrected chi connectivity index (χ0v) is 11.7. The Morgan fingerprint density at radius 3 is 2.75 bits per heavy atom. The molecule has 0 bridgehead atoms. The molecule has 1 aromatic carbocycles. The van der Waals surface area contributed by atoms with Crippen LogP contribution in [0.4, 0.5) is 10.1 Å². The number of hydrogen-bond donors (Lipinski definition) is 2. The van der Waals surface area contributed by atoms with Gasteiger partial charge < -0.3 is 10.2 Å². The molecule has 20 heavy (non-hydrogen) atoms. The van der Waals surface area contributed by atoms with Gasteiger partial charge in [0.1, 0.15) is 11.9 Å². The molecule has 2 N–H and O–H groups in total. The maximum absolute atomic E-state index is 14.2. The standard InChI is InChI=1S/C14H18FN3O2/c1-8(16-3)10-4-5-12(11(15)6-10)18-7-13(19)17-14(20)9(18)2/h4-6,8-9,16H,7H2,1-3H3,(H,17,19,20). The van der Waals surface area contributed by atoms with Gasteiger partial charge in [0.05, 0.1) is 12.2 Å². The van der Waals surface area contributed by atoms with Crippen LogP contribution in [-0.2, 0) is 9.59 Å². The lowest BCUT2D eigenvalue weighted by Gasteiger charge is -2.33. The Kier molecular flexibility index (Phi) is 4.04. The number of benzene rings is 1. The van der Waals surface area contributed by atoms with Crippen LogP contribution in [0.25, 0.3) is 0 Å². The average molecular weight is 279 g/mol. The number of piperazine rings is 1. The second kappa shape index (κ2) is 5.58. The maximum atomic E-state index is 14.2. The molecule has 0 saturated carbocycles. The lowest BCUT2D eigenvalue weighted by Crippen LogP contribution is -2.57. The van der Waals surface area contributed by atoms with E-state index in [1.54, 1.807) is 26.1 Å². The summed E-state index contributed by atoms with van der Waals surface area (Å²) in [6.07, 6.45) is 0. The molecule has 2 atom stereocenters. The fourth-order valence-electron chi connectivity index (χ4n) is 2.20. The minimum absolute atomic E-state index is 0.0231. The SMILES string of the molecule is CNC(C)c1ccc(N2CC(=O)NC(=O)C2C)c(F)c1. The Bertz CT molecular complexity index is 547. The quantitative estimate of drug-likeness (QED) is 0.809. The van der Waals surface area contributed by atoms with Crippen LogP contribution < -0.4 is 15.5 Å². The molecule has 0 spiro atoms. The molecule has 1 saturated heterocycles. The second-order valence-corrected chi connectivity index (χ2v) is 4.94. The topological polar surface area (TPSA) is 61.4 Å². The molecule has 1 fully saturated rings. The van der Waals surface area contributed by atoms with Crippen molar-refractivity contribution in [2.45, 2.75) is 25.9 Å². The lowest BCUT2D eigenvalue weighted by atomic mass is 10.1. The number of carbonyl (C=O) groups is 2. The predicted octanol–water partition coefficient (Wildman–Crippen LogP) is 0.957. The van der Waals surface area contributed by atoms with E-state index in [4.69, 9.17) is 0 Å². The maximum Gasteiger partial charge on any atom is 0.249 e. The van der Waals surface area contributed by atoms with E-state index in [-0.39, 0.29) is 18.3 Å². The molecule has 0 radical (unpaired) electrons. The molecule has 6 heteroatoms. The summed E-state index contributed by atoms with van der Waals surface area (Å²) >= 11 is 0. The molecule has 2 rings (SSSR count). The first-order chi connectivity index (χ1) is 9.43. The molecule has 2 unspecified atom stereocenters. The Labute approximate surface area is 117 Å². The third-order valence-corrected chi connectivity index (χ3v) is 3.64. The molecule has 1 aliphatic rings. The van der Waals surface area contributed by atoms with Crippen molar-refractivity contribution < 1.29 is 14.0 Å². The van der Waals surface area contributed by atoms with Crippen LogP contribution in [0.2, 0.25) is 0 Å². The van der Waals surface area contributed by atoms with Crippen LogP contribution in [0, 0.1) is 5.82 Å². The van der Waals surface area contributed by atoms with Crippen molar-refractivity contribution in [3.63, 3.8) is 0 Å². The first-order valence-corrected chi connectivity index (χ1v) is 6.51. The number of rotatable bonds is 3. The van der Waals surface area contributed by atoms with E-state index in [0.29, 0.717) is 0 Å². The zero-order chi connectivity index (χ0) is 14.9. The summed E-state index contributed by atoms with van der Waals surface area (Å²) in [5, 5.41) is 5.27. The molecule has 108 valence electrons. The minimum atomic E-state index is -0.574. The molecule has 0 aliphatic carbocycles. The van der Waals surface area contributed by atoms with Gasteiger partial charge in [-0.1, -0.05) is 6.07 Å². The molecular weight excluding hydrogens is 261 g/mol. The molecule has 0 aromatic heterocycles. The predicted molar refractivity (Wildman–Crippen MR) is 73.8 cm³/mol. The Hall–Kier alpha value is -1.95. The van der Waals surface area contributed by atoms with E-state index >= 15 is 0 Å². The van der Waals surface area contributed by atoms with Crippen molar-refractivity contribution in [2.75, 3.05) is 18.5 Å². The summed E-state index contributed by atoms with van der Waals surface area (Å²) in [4.78, 5) is 24.5. The number of halogens is 1. The largest absolute Gasteiger partial charge is 0.348 e. The Balaban J connectivity index is 2.32. The van der Waals surface area contributed by atoms with Crippen LogP contribution in [0.5, 0.6) is 0 Å². The normalized spacial score (nSPS) is 20.8. The van der Waals surface area contributed by atoms with Crippen LogP contribution in [0.1, 0.15) is 25.5 Å². The van der Waals surface area contributed by atoms with E-state index in [1.165, 1.54) is 11.0 Å². The monoisotopic (exact) mass is 279 g/mol. The van der Waals surface area contributed by atoms with Crippen molar-refractivity contribution in [1.29, 1.82) is 0 Å². The van der Waals surface area contributed by atoms with Crippen molar-refractivity contribution >= 4 is 17.5 Å². The van der Waals surface area contributed by atoms with Crippen molar-refractivity contribution in [1.82, 2.24) is 10.6 Å². The fourth-order valence-corrected chi connectivity index (χ4v) is 2.20. The number of amides is 2. The van der Waals surface area contributed by atoms with Gasteiger partial charge in [-0.05, 0) is 38.6 Å². The van der Waals surface area contributed by atoms with E-state index in [9.17, 15) is 14.0 Å². The number of anilines is 1. The van der Waals surface area contributed by atoms with Gasteiger partial charge >= 0.3 is 0 Å². The van der Waals surface area contributed by atoms with Crippen molar-refractivity contribution in [3.8, 4) is 0 Å². The first-order valence-electron chi connectivity index (χ1n) is 6.51. The third-order valence-electron chi connectivity index (χ3n) is 3.64. The highest BCUT2D eigenvalue weighted by Gasteiger charge is 2.31. The molecular formula is C14H18FN3O2. The summed E-state index contributed by atoms with van der Waals surface area (Å²) in [7, 11) is 1.80. The molecule has 1 aromatic rings. The summed E-state index contributed by atoms with van der Waals surface area (Å²) in [5.41, 5.74) is 1.09. The smallest absolute Gasteiger partial charge is 0.249 e. The molecule has 5 nitrogen and oxygen atoms in total. The molecule has 2 amide bonds. The van der Waals surface area contributed by atoms with Crippen LogP contribution in [0.15, 0.2) is 18.2 Å². The zero-order valence-electron chi connectivity index (χ0n) is 11.7. The van der Waals surface area contributed by atoms with E-state index in [0.717, 1.165) is 5.56 Å². The van der Waals surface area contributed by atoms with E-state index in [2.05, 4.69) is 10.6 Å². The number of hydrogen-bond acceptors (Lipinski definition) is 4. The van der Waals surface area contributed by atoms with Crippen LogP contribution in [-0.4, -0.2) is 31.4 Å². The molecule has 1 aliphatic heterocycles. The fraction of sp³-hybridized carbons (Fsp3) is 0.429. The summed E-state index contributed by atoms with van der Waals surface area (Å²) in [5.74, 6) is -1.26. The number of carbonyl (C=O) groups excluding carboxylic acids is 2. The average Bonchev–Trinajstić information content (AvgIpc) is 2.42. The third kappa shape index (κ3) is 2.65. The number of nitrogens with one attached hydrogen (secondary N) is 2. The van der Waals surface area contributed by atoms with Gasteiger partial charge in [-0.2, -0.15) is 0 Å². The highest BCUT2D eigenvalue weighted by Crippen LogP contribution is 2.25. The highest BCUT2D eigenvalue weighted by atomic mass is 19.1. The van der Waals surface area contributed by atoms with Crippen LogP contribution in [0.3, 0.4) is 0 Å². The molecule has 1 heterocycles. The van der Waals surface area contributed by atoms with Gasteiger partial charge in [-0.25, -0.2) is 4.39 Å². The highest BCUT2D eigenvalue weighted by molar-refractivity contribution is 6.04. The van der Waals surface area contributed by atoms with E-state index < -0.39 is 23.7 Å². The summed E-state index contributed by atoms with van der Waals surface area (Å²) < 4.78 is 14.2. The second-order valence-electron chi connectivity index (χ2n) is 4.94. The number of imide groups is 1. The van der Waals surface area contributed by atoms with E-state index in [1.807, 2.05) is 6.92 Å². The minimum Gasteiger partial charge on any atom is -0.348 e. The summed E-state index contributed by atoms with van der Waals surface area (Å²) in [6, 6.07) is 4.29. The lowest BCUT2D eigenvalue weighted by molar-refractivity contribution is -0.132. The Morgan fingerprint density at radius 1 is 1.45 bits per heavy atom. The first kappa shape index (κ1) is 14.5. The summed E-state index contributed by atoms with van der Waals surface area (Å²) in [6.45, 7) is 3.55. The number of nitrogens with zero attached hydrogens (tertiary/aromatic N) is 1. The van der Waals surface area contributed by atoms with Crippen LogP contribution >= 0.6 is 0 Å². The van der Waals surface area contributed by atoms with Crippen molar-refractivity contribution in [3.05, 3.63) is 29.6 Å². The van der Waals surface area contributed by atoms with Gasteiger partial charge in [0.25, 0.3) is 0 Å². The Morgan fingerprint density at radius 2 is 2.15 bits per heavy atom. The van der Waals surface area contributed by atoms with Gasteiger partial charge in [0.15, 0.2) is 0 Å².